The lowest BCUT2D eigenvalue weighted by atomic mass is 9.98. The Morgan fingerprint density at radius 2 is 2.06 bits per heavy atom. The summed E-state index contributed by atoms with van der Waals surface area (Å²) >= 11 is 0. The van der Waals surface area contributed by atoms with Gasteiger partial charge < -0.3 is 19.9 Å². The fourth-order valence-corrected chi connectivity index (χ4v) is 3.84. The number of carboxylic acids is 1. The first-order valence-corrected chi connectivity index (χ1v) is 10.8. The molecule has 33 heavy (non-hydrogen) atoms. The van der Waals surface area contributed by atoms with Gasteiger partial charge in [0.05, 0.1) is 18.4 Å². The van der Waals surface area contributed by atoms with Gasteiger partial charge in [0, 0.05) is 49.3 Å². The van der Waals surface area contributed by atoms with Crippen molar-refractivity contribution in [3.63, 3.8) is 0 Å². The van der Waals surface area contributed by atoms with Gasteiger partial charge in [-0.25, -0.2) is 4.98 Å². The summed E-state index contributed by atoms with van der Waals surface area (Å²) in [5, 5.41) is 20.6. The Bertz CT molecular complexity index is 1040. The first kappa shape index (κ1) is 24.3. The molecule has 9 nitrogen and oxygen atoms in total. The highest BCUT2D eigenvalue weighted by Crippen LogP contribution is 2.27. The molecular weight excluding hydrogens is 424 g/mol. The standard InChI is InChI=1S/C24H30N4O5/c1-15(2)33-20-8-6-17(12-26-20)22(25)19-11-18(7-5-16(19)3)27-23(31)24(32-4)9-10-28(14-24)13-21(29)30/h5-8,11-12,15,25H,9-10,13-14H2,1-4H3,(H,27,31)(H,29,30)/t24-/m0/s1. The Hall–Kier alpha value is -3.30. The first-order chi connectivity index (χ1) is 15.6. The zero-order chi connectivity index (χ0) is 24.2. The SMILES string of the molecule is CO[C@@]1(C(=O)Nc2ccc(C)c(C(=N)c3ccc(OC(C)C)nc3)c2)CCN(CC(=O)O)C1. The third-order valence-corrected chi connectivity index (χ3v) is 5.62. The van der Waals surface area contributed by atoms with Gasteiger partial charge in [0.25, 0.3) is 5.91 Å². The third kappa shape index (κ3) is 5.74. The highest BCUT2D eigenvalue weighted by Gasteiger charge is 2.45. The minimum Gasteiger partial charge on any atom is -0.480 e. The number of pyridine rings is 1. The average Bonchev–Trinajstić information content (AvgIpc) is 3.18. The second-order valence-electron chi connectivity index (χ2n) is 8.46. The van der Waals surface area contributed by atoms with Gasteiger partial charge in [-0.05, 0) is 51.0 Å². The fraction of sp³-hybridized carbons (Fsp3) is 0.417. The van der Waals surface area contributed by atoms with Gasteiger partial charge in [-0.1, -0.05) is 6.07 Å². The predicted octanol–water partition coefficient (Wildman–Crippen LogP) is 2.71. The lowest BCUT2D eigenvalue weighted by molar-refractivity contribution is -0.140. The summed E-state index contributed by atoms with van der Waals surface area (Å²) in [7, 11) is 1.46. The van der Waals surface area contributed by atoms with Crippen molar-refractivity contribution in [1.82, 2.24) is 9.88 Å². The third-order valence-electron chi connectivity index (χ3n) is 5.62. The van der Waals surface area contributed by atoms with Crippen LogP contribution in [-0.4, -0.2) is 71.0 Å². The van der Waals surface area contributed by atoms with Gasteiger partial charge in [0.15, 0.2) is 5.60 Å². The monoisotopic (exact) mass is 454 g/mol. The second kappa shape index (κ2) is 10.1. The fourth-order valence-electron chi connectivity index (χ4n) is 3.84. The van der Waals surface area contributed by atoms with Gasteiger partial charge in [0.2, 0.25) is 5.88 Å². The van der Waals surface area contributed by atoms with Crippen LogP contribution in [0.2, 0.25) is 0 Å². The molecule has 1 aromatic heterocycles. The molecule has 1 atom stereocenters. The number of ether oxygens (including phenoxy) is 2. The Morgan fingerprint density at radius 3 is 2.67 bits per heavy atom. The molecule has 9 heteroatoms. The minimum atomic E-state index is -1.12. The van der Waals surface area contributed by atoms with Crippen molar-refractivity contribution in [1.29, 1.82) is 5.41 Å². The highest BCUT2D eigenvalue weighted by atomic mass is 16.5. The molecule has 1 aliphatic rings. The maximum atomic E-state index is 13.1. The molecule has 1 amide bonds. The molecule has 3 N–H and O–H groups in total. The van der Waals surface area contributed by atoms with Gasteiger partial charge in [-0.2, -0.15) is 0 Å². The summed E-state index contributed by atoms with van der Waals surface area (Å²) in [6.45, 7) is 6.26. The van der Waals surface area contributed by atoms with E-state index in [2.05, 4.69) is 10.3 Å². The molecule has 0 saturated carbocycles. The number of hydrogen-bond donors (Lipinski definition) is 3. The van der Waals surface area contributed by atoms with E-state index in [0.29, 0.717) is 35.7 Å². The molecule has 0 radical (unpaired) electrons. The van der Waals surface area contributed by atoms with E-state index in [0.717, 1.165) is 5.56 Å². The Balaban J connectivity index is 1.76. The number of methoxy groups -OCH3 is 1. The number of aliphatic carboxylic acids is 1. The number of hydrogen-bond acceptors (Lipinski definition) is 7. The maximum Gasteiger partial charge on any atom is 0.317 e. The highest BCUT2D eigenvalue weighted by molar-refractivity contribution is 6.12. The molecular formula is C24H30N4O5. The second-order valence-corrected chi connectivity index (χ2v) is 8.46. The van der Waals surface area contributed by atoms with Crippen LogP contribution in [0.5, 0.6) is 5.88 Å². The number of benzene rings is 1. The molecule has 0 unspecified atom stereocenters. The van der Waals surface area contributed by atoms with Crippen LogP contribution < -0.4 is 10.1 Å². The Labute approximate surface area is 193 Å². The van der Waals surface area contributed by atoms with Crippen molar-refractivity contribution in [2.45, 2.75) is 38.9 Å². The van der Waals surface area contributed by atoms with Crippen LogP contribution >= 0.6 is 0 Å². The van der Waals surface area contributed by atoms with Crippen molar-refractivity contribution in [3.8, 4) is 5.88 Å². The molecule has 0 spiro atoms. The smallest absolute Gasteiger partial charge is 0.317 e. The average molecular weight is 455 g/mol. The van der Waals surface area contributed by atoms with E-state index in [1.165, 1.54) is 7.11 Å². The van der Waals surface area contributed by atoms with E-state index in [1.807, 2.05) is 26.8 Å². The zero-order valence-corrected chi connectivity index (χ0v) is 19.3. The molecule has 2 heterocycles. The molecule has 1 saturated heterocycles. The van der Waals surface area contributed by atoms with E-state index in [9.17, 15) is 9.59 Å². The van der Waals surface area contributed by atoms with Gasteiger partial charge in [-0.3, -0.25) is 19.9 Å². The van der Waals surface area contributed by atoms with Crippen LogP contribution in [0.3, 0.4) is 0 Å². The number of anilines is 1. The van der Waals surface area contributed by atoms with Gasteiger partial charge >= 0.3 is 5.97 Å². The molecule has 3 rings (SSSR count). The van der Waals surface area contributed by atoms with Crippen LogP contribution in [0.4, 0.5) is 5.69 Å². The number of rotatable bonds is 9. The van der Waals surface area contributed by atoms with Crippen LogP contribution in [-0.2, 0) is 14.3 Å². The van der Waals surface area contributed by atoms with E-state index < -0.39 is 11.6 Å². The van der Waals surface area contributed by atoms with Gasteiger partial charge in [-0.15, -0.1) is 0 Å². The molecule has 2 aromatic rings. The lowest BCUT2D eigenvalue weighted by Crippen LogP contribution is -2.47. The summed E-state index contributed by atoms with van der Waals surface area (Å²) in [5.41, 5.74) is 1.87. The number of carbonyl (C=O) groups excluding carboxylic acids is 1. The maximum absolute atomic E-state index is 13.1. The number of amides is 1. The van der Waals surface area contributed by atoms with Crippen molar-refractivity contribution >= 4 is 23.3 Å². The number of likely N-dealkylation sites (tertiary alicyclic amines) is 1. The van der Waals surface area contributed by atoms with Crippen molar-refractivity contribution < 1.29 is 24.2 Å². The Morgan fingerprint density at radius 1 is 1.30 bits per heavy atom. The van der Waals surface area contributed by atoms with Crippen LogP contribution in [0.1, 0.15) is 37.0 Å². The normalized spacial score (nSPS) is 18.3. The minimum absolute atomic E-state index is 0.0109. The first-order valence-electron chi connectivity index (χ1n) is 10.8. The van der Waals surface area contributed by atoms with E-state index in [-0.39, 0.29) is 30.8 Å². The number of aromatic nitrogens is 1. The summed E-state index contributed by atoms with van der Waals surface area (Å²) < 4.78 is 11.1. The van der Waals surface area contributed by atoms with E-state index >= 15 is 0 Å². The number of nitrogens with zero attached hydrogens (tertiary/aromatic N) is 2. The van der Waals surface area contributed by atoms with Crippen LogP contribution in [0.25, 0.3) is 0 Å². The largest absolute Gasteiger partial charge is 0.480 e. The van der Waals surface area contributed by atoms with Gasteiger partial charge in [0.1, 0.15) is 0 Å². The summed E-state index contributed by atoms with van der Waals surface area (Å²) in [6, 6.07) is 8.88. The van der Waals surface area contributed by atoms with Crippen LogP contribution in [0.15, 0.2) is 36.5 Å². The molecule has 176 valence electrons. The number of carbonyl (C=O) groups is 2. The number of carboxylic acid groups (broad SMARTS) is 1. The van der Waals surface area contributed by atoms with E-state index in [4.69, 9.17) is 20.0 Å². The summed E-state index contributed by atoms with van der Waals surface area (Å²) in [4.78, 5) is 30.0. The molecule has 0 bridgehead atoms. The predicted molar refractivity (Wildman–Crippen MR) is 124 cm³/mol. The molecule has 1 fully saturated rings. The lowest BCUT2D eigenvalue weighted by Gasteiger charge is -2.26. The van der Waals surface area contributed by atoms with Crippen LogP contribution in [0, 0.1) is 12.3 Å². The number of nitrogens with one attached hydrogen (secondary N) is 2. The molecule has 0 aliphatic carbocycles. The number of aryl methyl sites for hydroxylation is 1. The van der Waals surface area contributed by atoms with Crippen molar-refractivity contribution in [2.75, 3.05) is 32.1 Å². The Kier molecular flexibility index (Phi) is 7.45. The zero-order valence-electron chi connectivity index (χ0n) is 19.3. The summed E-state index contributed by atoms with van der Waals surface area (Å²) in [6.07, 6.45) is 2.00. The molecule has 1 aromatic carbocycles. The quantitative estimate of drug-likeness (QED) is 0.498. The van der Waals surface area contributed by atoms with Crippen molar-refractivity contribution in [2.24, 2.45) is 0 Å². The topological polar surface area (TPSA) is 125 Å². The van der Waals surface area contributed by atoms with E-state index in [1.54, 1.807) is 35.4 Å². The summed E-state index contributed by atoms with van der Waals surface area (Å²) in [5.74, 6) is -0.781. The molecule has 1 aliphatic heterocycles. The van der Waals surface area contributed by atoms with Crippen molar-refractivity contribution in [3.05, 3.63) is 53.2 Å².